The molecule has 10 heteroatoms. The van der Waals surface area contributed by atoms with Gasteiger partial charge in [-0.1, -0.05) is 29.8 Å². The number of rotatable bonds is 5. The van der Waals surface area contributed by atoms with Gasteiger partial charge in [0, 0.05) is 29.5 Å². The summed E-state index contributed by atoms with van der Waals surface area (Å²) in [6.07, 6.45) is 2.23. The Kier molecular flexibility index (Phi) is 5.69. The summed E-state index contributed by atoms with van der Waals surface area (Å²) in [5.74, 6) is -0.170. The van der Waals surface area contributed by atoms with Crippen LogP contribution in [0.1, 0.15) is 26.3 Å². The van der Waals surface area contributed by atoms with Gasteiger partial charge in [-0.15, -0.1) is 5.10 Å². The molecule has 0 saturated carbocycles. The van der Waals surface area contributed by atoms with E-state index in [2.05, 4.69) is 20.8 Å². The molecular weight excluding hydrogens is 456 g/mol. The second-order valence-corrected chi connectivity index (χ2v) is 8.03. The zero-order chi connectivity index (χ0) is 23.7. The van der Waals surface area contributed by atoms with Crippen molar-refractivity contribution in [1.29, 1.82) is 0 Å². The first-order valence-corrected chi connectivity index (χ1v) is 10.8. The molecule has 4 aromatic rings. The lowest BCUT2D eigenvalue weighted by Crippen LogP contribution is -2.28. The number of fused-ring (bicyclic) bond motifs is 1. The second kappa shape index (κ2) is 8.95. The molecule has 5 rings (SSSR count). The van der Waals surface area contributed by atoms with Crippen LogP contribution in [0.15, 0.2) is 67.0 Å². The highest BCUT2D eigenvalue weighted by molar-refractivity contribution is 6.33. The van der Waals surface area contributed by atoms with Crippen LogP contribution in [0.5, 0.6) is 5.75 Å². The normalized spacial score (nSPS) is 12.4. The fourth-order valence-electron chi connectivity index (χ4n) is 3.94. The Bertz CT molecular complexity index is 1370. The van der Waals surface area contributed by atoms with E-state index in [0.29, 0.717) is 29.2 Å². The Morgan fingerprint density at radius 1 is 1.06 bits per heavy atom. The molecular formula is C24H19ClN6O3. The number of benzene rings is 3. The van der Waals surface area contributed by atoms with Gasteiger partial charge in [-0.05, 0) is 58.8 Å². The van der Waals surface area contributed by atoms with Crippen molar-refractivity contribution in [3.8, 4) is 11.4 Å². The smallest absolute Gasteiger partial charge is 0.259 e. The van der Waals surface area contributed by atoms with Crippen LogP contribution in [0.25, 0.3) is 5.69 Å². The fourth-order valence-corrected chi connectivity index (χ4v) is 4.19. The minimum atomic E-state index is -0.408. The van der Waals surface area contributed by atoms with E-state index < -0.39 is 5.91 Å². The predicted molar refractivity (Wildman–Crippen MR) is 127 cm³/mol. The molecule has 0 fully saturated rings. The standard InChI is InChI=1S/C24H19ClN6O3/c1-34-22-13-21(31-14-26-28-29-31)19(25)12-18(22)23(32)27-17-8-6-16(7-9-17)24(33)30-11-10-15-4-2-3-5-20(15)30/h2-9,12-14H,10-11H2,1H3,(H,27,32). The van der Waals surface area contributed by atoms with Gasteiger partial charge in [-0.2, -0.15) is 4.68 Å². The highest BCUT2D eigenvalue weighted by atomic mass is 35.5. The number of anilines is 2. The molecule has 0 saturated heterocycles. The molecule has 0 spiro atoms. The summed E-state index contributed by atoms with van der Waals surface area (Å²) >= 11 is 6.36. The summed E-state index contributed by atoms with van der Waals surface area (Å²) in [6, 6.07) is 17.8. The van der Waals surface area contributed by atoms with E-state index >= 15 is 0 Å². The number of amides is 2. The van der Waals surface area contributed by atoms with E-state index in [1.54, 1.807) is 35.2 Å². The third-order valence-electron chi connectivity index (χ3n) is 5.63. The van der Waals surface area contributed by atoms with Crippen molar-refractivity contribution in [2.75, 3.05) is 23.9 Å². The molecule has 0 atom stereocenters. The van der Waals surface area contributed by atoms with E-state index in [1.807, 2.05) is 24.3 Å². The lowest BCUT2D eigenvalue weighted by molar-refractivity contribution is 0.0988. The molecule has 9 nitrogen and oxygen atoms in total. The van der Waals surface area contributed by atoms with Crippen molar-refractivity contribution in [3.05, 3.63) is 88.7 Å². The lowest BCUT2D eigenvalue weighted by atomic mass is 10.1. The second-order valence-electron chi connectivity index (χ2n) is 7.63. The quantitative estimate of drug-likeness (QED) is 0.472. The van der Waals surface area contributed by atoms with Crippen molar-refractivity contribution < 1.29 is 14.3 Å². The van der Waals surface area contributed by atoms with Crippen LogP contribution in [0.3, 0.4) is 0 Å². The molecule has 1 N–H and O–H groups in total. The first-order chi connectivity index (χ1) is 16.5. The number of hydrogen-bond acceptors (Lipinski definition) is 6. The molecule has 1 aliphatic rings. The zero-order valence-electron chi connectivity index (χ0n) is 18.1. The number of carbonyl (C=O) groups is 2. The average molecular weight is 475 g/mol. The minimum Gasteiger partial charge on any atom is -0.496 e. The lowest BCUT2D eigenvalue weighted by Gasteiger charge is -2.17. The van der Waals surface area contributed by atoms with E-state index in [-0.39, 0.29) is 16.5 Å². The number of halogens is 1. The van der Waals surface area contributed by atoms with Crippen LogP contribution < -0.4 is 15.0 Å². The predicted octanol–water partition coefficient (Wildman–Crippen LogP) is 3.78. The number of nitrogens with one attached hydrogen (secondary N) is 1. The highest BCUT2D eigenvalue weighted by Gasteiger charge is 2.25. The largest absolute Gasteiger partial charge is 0.496 e. The Morgan fingerprint density at radius 2 is 1.85 bits per heavy atom. The van der Waals surface area contributed by atoms with Gasteiger partial charge in [0.2, 0.25) is 0 Å². The summed E-state index contributed by atoms with van der Waals surface area (Å²) in [6.45, 7) is 0.651. The van der Waals surface area contributed by atoms with Crippen molar-refractivity contribution in [1.82, 2.24) is 20.2 Å². The maximum absolute atomic E-state index is 13.0. The van der Waals surface area contributed by atoms with Crippen LogP contribution >= 0.6 is 11.6 Å². The monoisotopic (exact) mass is 474 g/mol. The molecule has 0 radical (unpaired) electrons. The summed E-state index contributed by atoms with van der Waals surface area (Å²) in [5, 5.41) is 14.1. The Morgan fingerprint density at radius 3 is 2.59 bits per heavy atom. The van der Waals surface area contributed by atoms with Crippen LogP contribution in [0.4, 0.5) is 11.4 Å². The van der Waals surface area contributed by atoms with Gasteiger partial charge in [0.1, 0.15) is 12.1 Å². The topological polar surface area (TPSA) is 102 Å². The van der Waals surface area contributed by atoms with Gasteiger partial charge in [-0.3, -0.25) is 9.59 Å². The van der Waals surface area contributed by atoms with Gasteiger partial charge < -0.3 is 15.0 Å². The first-order valence-electron chi connectivity index (χ1n) is 10.5. The molecule has 0 bridgehead atoms. The molecule has 34 heavy (non-hydrogen) atoms. The van der Waals surface area contributed by atoms with Crippen LogP contribution in [0.2, 0.25) is 5.02 Å². The van der Waals surface area contributed by atoms with Crippen LogP contribution in [-0.4, -0.2) is 45.7 Å². The third-order valence-corrected chi connectivity index (χ3v) is 5.93. The van der Waals surface area contributed by atoms with Gasteiger partial charge in [0.25, 0.3) is 11.8 Å². The highest BCUT2D eigenvalue weighted by Crippen LogP contribution is 2.31. The van der Waals surface area contributed by atoms with Crippen LogP contribution in [0, 0.1) is 0 Å². The van der Waals surface area contributed by atoms with Gasteiger partial charge >= 0.3 is 0 Å². The molecule has 0 aliphatic carbocycles. The van der Waals surface area contributed by atoms with Gasteiger partial charge in [0.05, 0.1) is 23.4 Å². The number of methoxy groups -OCH3 is 1. The molecule has 0 unspecified atom stereocenters. The SMILES string of the molecule is COc1cc(-n2cnnn2)c(Cl)cc1C(=O)Nc1ccc(C(=O)N2CCc3ccccc32)cc1. The summed E-state index contributed by atoms with van der Waals surface area (Å²) in [4.78, 5) is 27.7. The van der Waals surface area contributed by atoms with Crippen molar-refractivity contribution in [2.24, 2.45) is 0 Å². The number of carbonyl (C=O) groups excluding carboxylic acids is 2. The van der Waals surface area contributed by atoms with Gasteiger partial charge in [-0.25, -0.2) is 0 Å². The van der Waals surface area contributed by atoms with Gasteiger partial charge in [0.15, 0.2) is 0 Å². The van der Waals surface area contributed by atoms with E-state index in [0.717, 1.165) is 12.1 Å². The first kappa shape index (κ1) is 21.6. The Hall–Kier alpha value is -4.24. The molecule has 1 aromatic heterocycles. The summed E-state index contributed by atoms with van der Waals surface area (Å²) < 4.78 is 6.76. The molecule has 3 aromatic carbocycles. The maximum atomic E-state index is 13.0. The Labute approximate surface area is 199 Å². The average Bonchev–Trinajstić information content (AvgIpc) is 3.54. The van der Waals surface area contributed by atoms with E-state index in [4.69, 9.17) is 16.3 Å². The third kappa shape index (κ3) is 3.97. The number of aromatic nitrogens is 4. The van der Waals surface area contributed by atoms with Crippen molar-refractivity contribution in [3.63, 3.8) is 0 Å². The van der Waals surface area contributed by atoms with E-state index in [1.165, 1.54) is 29.7 Å². The number of hydrogen-bond donors (Lipinski definition) is 1. The molecule has 1 aliphatic heterocycles. The number of para-hydroxylation sites is 1. The zero-order valence-corrected chi connectivity index (χ0v) is 18.9. The minimum absolute atomic E-state index is 0.0746. The summed E-state index contributed by atoms with van der Waals surface area (Å²) in [7, 11) is 1.46. The molecule has 170 valence electrons. The number of ether oxygens (including phenoxy) is 1. The van der Waals surface area contributed by atoms with Crippen molar-refractivity contribution in [2.45, 2.75) is 6.42 Å². The molecule has 2 heterocycles. The number of nitrogens with zero attached hydrogens (tertiary/aromatic N) is 5. The Balaban J connectivity index is 1.33. The molecule has 2 amide bonds. The van der Waals surface area contributed by atoms with E-state index in [9.17, 15) is 9.59 Å². The fraction of sp³-hybridized carbons (Fsp3) is 0.125. The number of tetrazole rings is 1. The maximum Gasteiger partial charge on any atom is 0.259 e. The van der Waals surface area contributed by atoms with Crippen LogP contribution in [-0.2, 0) is 6.42 Å². The van der Waals surface area contributed by atoms with Crippen molar-refractivity contribution >= 4 is 34.8 Å². The summed E-state index contributed by atoms with van der Waals surface area (Å²) in [5.41, 5.74) is 3.91.